The van der Waals surface area contributed by atoms with Gasteiger partial charge in [-0.2, -0.15) is 0 Å². The number of hydrogen-bond acceptors (Lipinski definition) is 4. The van der Waals surface area contributed by atoms with Crippen molar-refractivity contribution >= 4 is 6.29 Å². The molecule has 31 heavy (non-hydrogen) atoms. The van der Waals surface area contributed by atoms with Crippen molar-refractivity contribution in [3.05, 3.63) is 100.0 Å². The monoisotopic (exact) mass is 417 g/mol. The summed E-state index contributed by atoms with van der Waals surface area (Å²) >= 11 is 0. The van der Waals surface area contributed by atoms with Gasteiger partial charge in [0.05, 0.1) is 0 Å². The lowest BCUT2D eigenvalue weighted by Gasteiger charge is -2.34. The summed E-state index contributed by atoms with van der Waals surface area (Å²) < 4.78 is 6.28. The maximum Gasteiger partial charge on any atom is 0.150 e. The van der Waals surface area contributed by atoms with Gasteiger partial charge in [0.1, 0.15) is 23.4 Å². The number of allylic oxidation sites excluding steroid dienone is 4. The van der Waals surface area contributed by atoms with Gasteiger partial charge in [0.2, 0.25) is 0 Å². The number of rotatable bonds is 5. The minimum Gasteiger partial charge on any atom is -0.462 e. The van der Waals surface area contributed by atoms with E-state index in [0.29, 0.717) is 28.0 Å². The molecule has 1 unspecified atom stereocenters. The maximum atomic E-state index is 12.2. The molecule has 4 nitrogen and oxygen atoms in total. The van der Waals surface area contributed by atoms with Crippen molar-refractivity contribution in [1.82, 2.24) is 4.90 Å². The van der Waals surface area contributed by atoms with Gasteiger partial charge in [-0.15, -0.1) is 0 Å². The standard InChI is InChI=1S/C27H31NO3/c1-6-28(7-2)23-14-13-20(4)27(30,24-11-9-8-10-22(24)18-29)25-15-12-19(3)16-26(25)31-21(5)17-23/h8-18,30H,6-7H2,1-5H3/b20-13+,21-17+,23-14+. The third-order valence-corrected chi connectivity index (χ3v) is 5.83. The number of fused-ring (bicyclic) bond motifs is 1. The summed E-state index contributed by atoms with van der Waals surface area (Å²) in [6.45, 7) is 11.7. The number of ether oxygens (including phenoxy) is 1. The first kappa shape index (κ1) is 22.6. The van der Waals surface area contributed by atoms with Crippen molar-refractivity contribution in [1.29, 1.82) is 0 Å². The lowest BCUT2D eigenvalue weighted by Crippen LogP contribution is -2.31. The number of carbonyl (C=O) groups is 1. The summed E-state index contributed by atoms with van der Waals surface area (Å²) in [5, 5.41) is 12.2. The van der Waals surface area contributed by atoms with Gasteiger partial charge in [-0.05, 0) is 64.0 Å². The normalized spacial score (nSPS) is 23.7. The Morgan fingerprint density at radius 2 is 1.71 bits per heavy atom. The smallest absolute Gasteiger partial charge is 0.150 e. The number of benzene rings is 2. The Labute approximate surface area is 185 Å². The van der Waals surface area contributed by atoms with Crippen LogP contribution < -0.4 is 4.74 Å². The molecule has 3 rings (SSSR count). The zero-order valence-corrected chi connectivity index (χ0v) is 19.0. The fourth-order valence-corrected chi connectivity index (χ4v) is 4.09. The molecule has 1 aliphatic heterocycles. The predicted molar refractivity (Wildman–Crippen MR) is 125 cm³/mol. The first-order valence-electron chi connectivity index (χ1n) is 10.7. The molecule has 0 fully saturated rings. The van der Waals surface area contributed by atoms with E-state index in [1.54, 1.807) is 18.2 Å². The molecule has 0 saturated carbocycles. The second kappa shape index (κ2) is 9.36. The first-order valence-corrected chi connectivity index (χ1v) is 10.7. The Morgan fingerprint density at radius 3 is 2.39 bits per heavy atom. The van der Waals surface area contributed by atoms with Crippen LogP contribution in [0.15, 0.2) is 77.7 Å². The quantitative estimate of drug-likeness (QED) is 0.652. The molecule has 0 aromatic heterocycles. The van der Waals surface area contributed by atoms with Crippen LogP contribution in [0.2, 0.25) is 0 Å². The van der Waals surface area contributed by atoms with E-state index < -0.39 is 5.60 Å². The van der Waals surface area contributed by atoms with Gasteiger partial charge in [-0.3, -0.25) is 4.79 Å². The topological polar surface area (TPSA) is 49.8 Å². The Balaban J connectivity index is 2.36. The molecule has 0 saturated heterocycles. The van der Waals surface area contributed by atoms with Crippen molar-refractivity contribution in [2.75, 3.05) is 13.1 Å². The SMILES string of the molecule is CCN(CC)C1=C/C=C(\C)C(O)(c2ccccc2C=O)c2ccc(C)cc2O\C(C)=C\1. The van der Waals surface area contributed by atoms with Gasteiger partial charge >= 0.3 is 0 Å². The van der Waals surface area contributed by atoms with Crippen LogP contribution in [0.1, 0.15) is 54.7 Å². The number of likely N-dealkylation sites (N-methyl/N-ethyl adjacent to an activating group) is 1. The molecule has 0 aliphatic carbocycles. The minimum absolute atomic E-state index is 0.446. The summed E-state index contributed by atoms with van der Waals surface area (Å²) in [6, 6.07) is 12.9. The molecule has 1 heterocycles. The highest BCUT2D eigenvalue weighted by molar-refractivity contribution is 5.79. The van der Waals surface area contributed by atoms with E-state index >= 15 is 0 Å². The Morgan fingerprint density at radius 1 is 1.00 bits per heavy atom. The van der Waals surface area contributed by atoms with E-state index in [2.05, 4.69) is 18.7 Å². The zero-order valence-electron chi connectivity index (χ0n) is 19.0. The molecule has 0 spiro atoms. The summed E-state index contributed by atoms with van der Waals surface area (Å²) in [6.07, 6.45) is 6.75. The molecule has 2 aromatic rings. The predicted octanol–water partition coefficient (Wildman–Crippen LogP) is 5.51. The lowest BCUT2D eigenvalue weighted by atomic mass is 9.77. The molecule has 1 aliphatic rings. The first-order chi connectivity index (χ1) is 14.8. The third kappa shape index (κ3) is 4.35. The number of nitrogens with zero attached hydrogens (tertiary/aromatic N) is 1. The lowest BCUT2D eigenvalue weighted by molar-refractivity contribution is 0.107. The molecular weight excluding hydrogens is 386 g/mol. The van der Waals surface area contributed by atoms with E-state index in [1.165, 1.54) is 0 Å². The van der Waals surface area contributed by atoms with Crippen LogP contribution >= 0.6 is 0 Å². The average molecular weight is 418 g/mol. The number of aliphatic hydroxyl groups is 1. The van der Waals surface area contributed by atoms with Crippen molar-refractivity contribution in [2.45, 2.75) is 40.2 Å². The molecule has 4 heteroatoms. The highest BCUT2D eigenvalue weighted by Crippen LogP contribution is 2.43. The summed E-state index contributed by atoms with van der Waals surface area (Å²) in [5.74, 6) is 1.30. The Hall–Kier alpha value is -3.11. The third-order valence-electron chi connectivity index (χ3n) is 5.83. The fourth-order valence-electron chi connectivity index (χ4n) is 4.09. The van der Waals surface area contributed by atoms with Crippen LogP contribution in [0.3, 0.4) is 0 Å². The molecule has 0 radical (unpaired) electrons. The molecule has 0 bridgehead atoms. The Kier molecular flexibility index (Phi) is 6.81. The van der Waals surface area contributed by atoms with Crippen molar-refractivity contribution < 1.29 is 14.6 Å². The summed E-state index contributed by atoms with van der Waals surface area (Å²) in [4.78, 5) is 14.1. The largest absolute Gasteiger partial charge is 0.462 e. The van der Waals surface area contributed by atoms with Gasteiger partial charge < -0.3 is 14.7 Å². The van der Waals surface area contributed by atoms with Crippen LogP contribution in [0.5, 0.6) is 5.75 Å². The molecule has 1 atom stereocenters. The molecule has 162 valence electrons. The Bertz CT molecular complexity index is 1060. The van der Waals surface area contributed by atoms with Gasteiger partial charge in [0, 0.05) is 35.5 Å². The fraction of sp³-hybridized carbons (Fsp3) is 0.296. The molecule has 2 aromatic carbocycles. The highest BCUT2D eigenvalue weighted by Gasteiger charge is 2.38. The van der Waals surface area contributed by atoms with Crippen molar-refractivity contribution in [3.8, 4) is 5.75 Å². The number of aryl methyl sites for hydroxylation is 1. The van der Waals surface area contributed by atoms with Gasteiger partial charge in [0.25, 0.3) is 0 Å². The van der Waals surface area contributed by atoms with Crippen LogP contribution in [0.4, 0.5) is 0 Å². The van der Waals surface area contributed by atoms with E-state index in [0.717, 1.165) is 36.4 Å². The maximum absolute atomic E-state index is 12.2. The van der Waals surface area contributed by atoms with Gasteiger partial charge in [0.15, 0.2) is 0 Å². The van der Waals surface area contributed by atoms with Crippen molar-refractivity contribution in [3.63, 3.8) is 0 Å². The second-order valence-corrected chi connectivity index (χ2v) is 7.89. The minimum atomic E-state index is -1.52. The number of aldehydes is 1. The van der Waals surface area contributed by atoms with Gasteiger partial charge in [-0.1, -0.05) is 42.5 Å². The zero-order chi connectivity index (χ0) is 22.6. The van der Waals surface area contributed by atoms with Gasteiger partial charge in [-0.25, -0.2) is 0 Å². The number of hydrogen-bond donors (Lipinski definition) is 1. The summed E-state index contributed by atoms with van der Waals surface area (Å²) in [7, 11) is 0. The second-order valence-electron chi connectivity index (χ2n) is 7.89. The van der Waals surface area contributed by atoms with Crippen LogP contribution in [-0.2, 0) is 5.60 Å². The van der Waals surface area contributed by atoms with E-state index in [4.69, 9.17) is 4.74 Å². The molecular formula is C27H31NO3. The van der Waals surface area contributed by atoms with Crippen LogP contribution in [0.25, 0.3) is 0 Å². The van der Waals surface area contributed by atoms with Crippen LogP contribution in [-0.4, -0.2) is 29.4 Å². The highest BCUT2D eigenvalue weighted by atomic mass is 16.5. The van der Waals surface area contributed by atoms with Crippen molar-refractivity contribution in [2.24, 2.45) is 0 Å². The van der Waals surface area contributed by atoms with E-state index in [1.807, 2.05) is 63.3 Å². The van der Waals surface area contributed by atoms with E-state index in [-0.39, 0.29) is 0 Å². The summed E-state index contributed by atoms with van der Waals surface area (Å²) in [5.41, 5.74) is 2.79. The molecule has 0 amide bonds. The number of carbonyl (C=O) groups excluding carboxylic acids is 1. The van der Waals surface area contributed by atoms with Crippen LogP contribution in [0, 0.1) is 6.92 Å². The van der Waals surface area contributed by atoms with E-state index in [9.17, 15) is 9.90 Å². The average Bonchev–Trinajstić information content (AvgIpc) is 2.76. The molecule has 1 N–H and O–H groups in total.